The second-order valence-corrected chi connectivity index (χ2v) is 5.50. The summed E-state index contributed by atoms with van der Waals surface area (Å²) in [5, 5.41) is 0. The molecule has 1 aliphatic rings. The molecule has 2 N–H and O–H groups in total. The lowest BCUT2D eigenvalue weighted by molar-refractivity contribution is -0.0368. The van der Waals surface area contributed by atoms with E-state index < -0.39 is 0 Å². The molecule has 0 saturated heterocycles. The molecule has 1 aliphatic carbocycles. The molecule has 1 aromatic rings. The van der Waals surface area contributed by atoms with Gasteiger partial charge in [0.1, 0.15) is 5.75 Å². The van der Waals surface area contributed by atoms with E-state index in [-0.39, 0.29) is 6.10 Å². The van der Waals surface area contributed by atoms with E-state index >= 15 is 0 Å². The van der Waals surface area contributed by atoms with Crippen molar-refractivity contribution < 1.29 is 9.47 Å². The molecule has 3 nitrogen and oxygen atoms in total. The molecular formula is C16H25NO2. The molecule has 0 spiro atoms. The van der Waals surface area contributed by atoms with Gasteiger partial charge >= 0.3 is 0 Å². The zero-order chi connectivity index (χ0) is 13.7. The lowest BCUT2D eigenvalue weighted by Crippen LogP contribution is -2.27. The first kappa shape index (κ1) is 14.4. The summed E-state index contributed by atoms with van der Waals surface area (Å²) in [6, 6.07) is 7.99. The molecule has 0 aliphatic heterocycles. The van der Waals surface area contributed by atoms with Gasteiger partial charge in [0.05, 0.1) is 19.3 Å². The number of nitrogens with two attached hydrogens (primary N) is 1. The summed E-state index contributed by atoms with van der Waals surface area (Å²) < 4.78 is 11.6. The highest BCUT2D eigenvalue weighted by Gasteiger charge is 2.24. The Hall–Kier alpha value is -1.06. The van der Waals surface area contributed by atoms with E-state index in [4.69, 9.17) is 15.2 Å². The van der Waals surface area contributed by atoms with E-state index in [0.29, 0.717) is 12.6 Å². The number of hydrogen-bond acceptors (Lipinski definition) is 3. The van der Waals surface area contributed by atoms with E-state index in [9.17, 15) is 0 Å². The lowest BCUT2D eigenvalue weighted by Gasteiger charge is -2.30. The van der Waals surface area contributed by atoms with Gasteiger partial charge < -0.3 is 15.2 Å². The van der Waals surface area contributed by atoms with Gasteiger partial charge in [-0.25, -0.2) is 0 Å². The lowest BCUT2D eigenvalue weighted by atomic mass is 9.88. The summed E-state index contributed by atoms with van der Waals surface area (Å²) in [4.78, 5) is 0. The molecule has 1 saturated carbocycles. The summed E-state index contributed by atoms with van der Waals surface area (Å²) in [6.07, 6.45) is 5.15. The van der Waals surface area contributed by atoms with Crippen molar-refractivity contribution in [2.45, 2.75) is 44.8 Å². The average Bonchev–Trinajstić information content (AvgIpc) is 2.45. The largest absolute Gasteiger partial charge is 0.496 e. The first-order valence-corrected chi connectivity index (χ1v) is 7.23. The van der Waals surface area contributed by atoms with Crippen LogP contribution in [0.3, 0.4) is 0 Å². The molecule has 2 rings (SSSR count). The zero-order valence-electron chi connectivity index (χ0n) is 12.0. The molecule has 0 bridgehead atoms. The predicted octanol–water partition coefficient (Wildman–Crippen LogP) is 3.29. The van der Waals surface area contributed by atoms with Crippen LogP contribution in [-0.4, -0.2) is 19.8 Å². The van der Waals surface area contributed by atoms with Crippen molar-refractivity contribution >= 4 is 0 Å². The van der Waals surface area contributed by atoms with Gasteiger partial charge in [0.25, 0.3) is 0 Å². The van der Waals surface area contributed by atoms with Crippen molar-refractivity contribution in [2.75, 3.05) is 13.7 Å². The highest BCUT2D eigenvalue weighted by atomic mass is 16.5. The van der Waals surface area contributed by atoms with Crippen LogP contribution in [-0.2, 0) is 4.74 Å². The maximum Gasteiger partial charge on any atom is 0.124 e. The normalized spacial score (nSPS) is 25.0. The second kappa shape index (κ2) is 6.92. The molecule has 0 radical (unpaired) electrons. The minimum Gasteiger partial charge on any atom is -0.496 e. The summed E-state index contributed by atoms with van der Waals surface area (Å²) in [7, 11) is 1.69. The molecule has 3 unspecified atom stereocenters. The molecular weight excluding hydrogens is 238 g/mol. The number of methoxy groups -OCH3 is 1. The Bertz CT molecular complexity index is 394. The van der Waals surface area contributed by atoms with Crippen molar-refractivity contribution in [1.29, 1.82) is 0 Å². The molecule has 1 aromatic carbocycles. The van der Waals surface area contributed by atoms with E-state index in [0.717, 1.165) is 30.1 Å². The van der Waals surface area contributed by atoms with Crippen LogP contribution in [0.1, 0.15) is 44.3 Å². The predicted molar refractivity (Wildman–Crippen MR) is 77.3 cm³/mol. The van der Waals surface area contributed by atoms with Crippen molar-refractivity contribution in [3.63, 3.8) is 0 Å². The van der Waals surface area contributed by atoms with Crippen molar-refractivity contribution in [1.82, 2.24) is 0 Å². The Balaban J connectivity index is 2.07. The van der Waals surface area contributed by atoms with Crippen molar-refractivity contribution in [2.24, 2.45) is 11.7 Å². The summed E-state index contributed by atoms with van der Waals surface area (Å²) >= 11 is 0. The Morgan fingerprint density at radius 1 is 1.32 bits per heavy atom. The number of para-hydroxylation sites is 1. The topological polar surface area (TPSA) is 44.5 Å². The third-order valence-corrected chi connectivity index (χ3v) is 3.94. The first-order valence-electron chi connectivity index (χ1n) is 7.23. The Morgan fingerprint density at radius 2 is 2.11 bits per heavy atom. The first-order chi connectivity index (χ1) is 9.24. The molecule has 3 heteroatoms. The molecule has 0 heterocycles. The maximum absolute atomic E-state index is 6.23. The molecule has 106 valence electrons. The van der Waals surface area contributed by atoms with Crippen LogP contribution in [0.15, 0.2) is 24.3 Å². The monoisotopic (exact) mass is 263 g/mol. The minimum absolute atomic E-state index is 0.0635. The standard InChI is InChI=1S/C16H25NO2/c1-12-6-5-7-13(10-12)19-16(11-17)14-8-3-4-9-15(14)18-2/h3-4,8-9,12-13,16H,5-7,10-11,17H2,1-2H3. The van der Waals surface area contributed by atoms with Crippen LogP contribution in [0.25, 0.3) is 0 Å². The SMILES string of the molecule is COc1ccccc1C(CN)OC1CCCC(C)C1. The summed E-state index contributed by atoms with van der Waals surface area (Å²) in [5.41, 5.74) is 6.96. The Kier molecular flexibility index (Phi) is 5.23. The molecule has 0 aromatic heterocycles. The molecule has 0 amide bonds. The van der Waals surface area contributed by atoms with Gasteiger partial charge in [-0.15, -0.1) is 0 Å². The van der Waals surface area contributed by atoms with Gasteiger partial charge in [0, 0.05) is 12.1 Å². The van der Waals surface area contributed by atoms with Gasteiger partial charge in [0.2, 0.25) is 0 Å². The van der Waals surface area contributed by atoms with Crippen LogP contribution in [0.2, 0.25) is 0 Å². The van der Waals surface area contributed by atoms with Crippen molar-refractivity contribution in [3.05, 3.63) is 29.8 Å². The summed E-state index contributed by atoms with van der Waals surface area (Å²) in [6.45, 7) is 2.79. The van der Waals surface area contributed by atoms with Crippen LogP contribution < -0.4 is 10.5 Å². The quantitative estimate of drug-likeness (QED) is 0.886. The fraction of sp³-hybridized carbons (Fsp3) is 0.625. The second-order valence-electron chi connectivity index (χ2n) is 5.50. The van der Waals surface area contributed by atoms with Gasteiger partial charge in [-0.2, -0.15) is 0 Å². The van der Waals surface area contributed by atoms with Gasteiger partial charge in [-0.05, 0) is 24.8 Å². The number of hydrogen-bond donors (Lipinski definition) is 1. The molecule has 19 heavy (non-hydrogen) atoms. The van der Waals surface area contributed by atoms with E-state index in [1.54, 1.807) is 7.11 Å². The highest BCUT2D eigenvalue weighted by molar-refractivity contribution is 5.35. The van der Waals surface area contributed by atoms with Gasteiger partial charge in [-0.1, -0.05) is 38.0 Å². The molecule has 1 fully saturated rings. The fourth-order valence-corrected chi connectivity index (χ4v) is 2.92. The highest BCUT2D eigenvalue weighted by Crippen LogP contribution is 2.32. The molecule has 3 atom stereocenters. The maximum atomic E-state index is 6.23. The number of ether oxygens (including phenoxy) is 2. The van der Waals surface area contributed by atoms with Gasteiger partial charge in [0.15, 0.2) is 0 Å². The average molecular weight is 263 g/mol. The zero-order valence-corrected chi connectivity index (χ0v) is 12.0. The summed E-state index contributed by atoms with van der Waals surface area (Å²) in [5.74, 6) is 1.62. The van der Waals surface area contributed by atoms with Crippen LogP contribution in [0, 0.1) is 5.92 Å². The third kappa shape index (κ3) is 3.71. The minimum atomic E-state index is -0.0635. The van der Waals surface area contributed by atoms with E-state index in [1.807, 2.05) is 24.3 Å². The van der Waals surface area contributed by atoms with Crippen LogP contribution in [0.5, 0.6) is 5.75 Å². The third-order valence-electron chi connectivity index (χ3n) is 3.94. The van der Waals surface area contributed by atoms with Crippen molar-refractivity contribution in [3.8, 4) is 5.75 Å². The van der Waals surface area contributed by atoms with Gasteiger partial charge in [-0.3, -0.25) is 0 Å². The van der Waals surface area contributed by atoms with E-state index in [2.05, 4.69) is 6.92 Å². The van der Waals surface area contributed by atoms with Crippen LogP contribution in [0.4, 0.5) is 0 Å². The number of benzene rings is 1. The Morgan fingerprint density at radius 3 is 2.79 bits per heavy atom. The van der Waals surface area contributed by atoms with E-state index in [1.165, 1.54) is 12.8 Å². The fourth-order valence-electron chi connectivity index (χ4n) is 2.92. The smallest absolute Gasteiger partial charge is 0.124 e. The Labute approximate surface area is 116 Å². The number of rotatable bonds is 5. The van der Waals surface area contributed by atoms with Crippen LogP contribution >= 0.6 is 0 Å².